The second-order valence-electron chi connectivity index (χ2n) is 5.53. The number of amides is 1. The van der Waals surface area contributed by atoms with Crippen molar-refractivity contribution in [2.24, 2.45) is 0 Å². The molecule has 2 aromatic rings. The van der Waals surface area contributed by atoms with Gasteiger partial charge in [-0.05, 0) is 71.0 Å². The lowest BCUT2D eigenvalue weighted by Crippen LogP contribution is -2.27. The number of ether oxygens (including phenoxy) is 1. The molecule has 1 fully saturated rings. The molecular formula is C19H15FINO2S2. The molecule has 0 unspecified atom stereocenters. The summed E-state index contributed by atoms with van der Waals surface area (Å²) in [7, 11) is 0. The molecule has 0 aromatic heterocycles. The largest absolute Gasteiger partial charge is 0.488 e. The fourth-order valence-electron chi connectivity index (χ4n) is 2.39. The number of carbonyl (C=O) groups excluding carboxylic acids is 1. The van der Waals surface area contributed by atoms with E-state index in [0.29, 0.717) is 22.4 Å². The number of thioether (sulfide) groups is 1. The summed E-state index contributed by atoms with van der Waals surface area (Å²) in [4.78, 5) is 14.5. The molecule has 0 saturated carbocycles. The van der Waals surface area contributed by atoms with Crippen LogP contribution >= 0.6 is 46.6 Å². The maximum absolute atomic E-state index is 12.9. The number of rotatable bonds is 5. The first-order valence-electron chi connectivity index (χ1n) is 7.90. The standard InChI is InChI=1S/C19H15FINO2S2/c1-2-22-18(23)17(26-19(22)25)10-13-5-8-16(15(21)9-13)24-11-12-3-6-14(20)7-4-12/h3-10H,2,11H2,1H3/b17-10-. The van der Waals surface area contributed by atoms with Gasteiger partial charge in [-0.25, -0.2) is 4.39 Å². The highest BCUT2D eigenvalue weighted by atomic mass is 127. The number of likely N-dealkylation sites (N-methyl/N-ethyl adjacent to an activating group) is 1. The second kappa shape index (κ2) is 8.49. The summed E-state index contributed by atoms with van der Waals surface area (Å²) >= 11 is 8.75. The Morgan fingerprint density at radius 2 is 2.00 bits per heavy atom. The monoisotopic (exact) mass is 499 g/mol. The first-order valence-corrected chi connectivity index (χ1v) is 10.2. The SMILES string of the molecule is CCN1C(=O)/C(=C/c2ccc(OCc3ccc(F)cc3)c(I)c2)SC1=S. The molecular weight excluding hydrogens is 484 g/mol. The van der Waals surface area contributed by atoms with Crippen LogP contribution in [0, 0.1) is 9.39 Å². The lowest BCUT2D eigenvalue weighted by atomic mass is 10.2. The summed E-state index contributed by atoms with van der Waals surface area (Å²) in [6.07, 6.45) is 1.85. The fourth-order valence-corrected chi connectivity index (χ4v) is 4.47. The lowest BCUT2D eigenvalue weighted by Gasteiger charge is -2.10. The summed E-state index contributed by atoms with van der Waals surface area (Å²) < 4.78 is 20.3. The van der Waals surface area contributed by atoms with Crippen molar-refractivity contribution < 1.29 is 13.9 Å². The number of hydrogen-bond acceptors (Lipinski definition) is 4. The van der Waals surface area contributed by atoms with Crippen molar-refractivity contribution >= 4 is 62.9 Å². The average Bonchev–Trinajstić information content (AvgIpc) is 2.88. The average molecular weight is 499 g/mol. The number of halogens is 2. The van der Waals surface area contributed by atoms with Crippen LogP contribution in [0.15, 0.2) is 47.4 Å². The van der Waals surface area contributed by atoms with Crippen molar-refractivity contribution in [2.45, 2.75) is 13.5 Å². The molecule has 7 heteroatoms. The van der Waals surface area contributed by atoms with Crippen molar-refractivity contribution in [3.05, 3.63) is 67.9 Å². The van der Waals surface area contributed by atoms with Crippen LogP contribution in [0.5, 0.6) is 5.75 Å². The molecule has 3 rings (SSSR count). The highest BCUT2D eigenvalue weighted by Gasteiger charge is 2.30. The quantitative estimate of drug-likeness (QED) is 0.320. The molecule has 1 amide bonds. The van der Waals surface area contributed by atoms with Crippen molar-refractivity contribution in [1.82, 2.24) is 4.90 Å². The smallest absolute Gasteiger partial charge is 0.266 e. The molecule has 0 N–H and O–H groups in total. The van der Waals surface area contributed by atoms with E-state index in [1.165, 1.54) is 23.9 Å². The van der Waals surface area contributed by atoms with Crippen molar-refractivity contribution in [1.29, 1.82) is 0 Å². The van der Waals surface area contributed by atoms with Crippen molar-refractivity contribution in [3.63, 3.8) is 0 Å². The molecule has 1 aliphatic heterocycles. The van der Waals surface area contributed by atoms with Gasteiger partial charge < -0.3 is 4.74 Å². The van der Waals surface area contributed by atoms with Gasteiger partial charge in [0.05, 0.1) is 8.48 Å². The van der Waals surface area contributed by atoms with Gasteiger partial charge in [0.15, 0.2) is 0 Å². The Hall–Kier alpha value is -1.45. The molecule has 2 aromatic carbocycles. The lowest BCUT2D eigenvalue weighted by molar-refractivity contribution is -0.121. The summed E-state index contributed by atoms with van der Waals surface area (Å²) in [6.45, 7) is 2.85. The molecule has 0 spiro atoms. The Morgan fingerprint density at radius 3 is 2.62 bits per heavy atom. The number of nitrogens with zero attached hydrogens (tertiary/aromatic N) is 1. The Balaban J connectivity index is 1.71. The zero-order chi connectivity index (χ0) is 18.7. The minimum Gasteiger partial charge on any atom is -0.488 e. The zero-order valence-corrected chi connectivity index (χ0v) is 17.7. The Kier molecular flexibility index (Phi) is 6.31. The molecule has 0 bridgehead atoms. The maximum Gasteiger partial charge on any atom is 0.266 e. The van der Waals surface area contributed by atoms with Crippen LogP contribution < -0.4 is 4.74 Å². The van der Waals surface area contributed by atoms with Crippen molar-refractivity contribution in [2.75, 3.05) is 6.54 Å². The minimum absolute atomic E-state index is 0.0471. The normalized spacial score (nSPS) is 15.8. The zero-order valence-electron chi connectivity index (χ0n) is 13.9. The van der Waals surface area contributed by atoms with Crippen LogP contribution in [0.1, 0.15) is 18.1 Å². The van der Waals surface area contributed by atoms with E-state index in [9.17, 15) is 9.18 Å². The molecule has 3 nitrogen and oxygen atoms in total. The van der Waals surface area contributed by atoms with Gasteiger partial charge in [0.1, 0.15) is 22.5 Å². The van der Waals surface area contributed by atoms with Gasteiger partial charge in [-0.2, -0.15) is 0 Å². The minimum atomic E-state index is -0.263. The summed E-state index contributed by atoms with van der Waals surface area (Å²) in [6, 6.07) is 12.0. The van der Waals surface area contributed by atoms with E-state index >= 15 is 0 Å². The number of carbonyl (C=O) groups is 1. The Morgan fingerprint density at radius 1 is 1.27 bits per heavy atom. The van der Waals surface area contributed by atoms with Gasteiger partial charge in [-0.3, -0.25) is 9.69 Å². The Bertz CT molecular complexity index is 884. The maximum atomic E-state index is 12.9. The summed E-state index contributed by atoms with van der Waals surface area (Å²) in [5.74, 6) is 0.434. The van der Waals surface area contributed by atoms with E-state index in [1.54, 1.807) is 17.0 Å². The van der Waals surface area contributed by atoms with Crippen LogP contribution in [-0.4, -0.2) is 21.7 Å². The summed E-state index contributed by atoms with van der Waals surface area (Å²) in [5.41, 5.74) is 1.81. The third-order valence-electron chi connectivity index (χ3n) is 3.75. The van der Waals surface area contributed by atoms with Gasteiger partial charge in [0, 0.05) is 6.54 Å². The van der Waals surface area contributed by atoms with Gasteiger partial charge in [-0.1, -0.05) is 42.2 Å². The van der Waals surface area contributed by atoms with Gasteiger partial charge in [-0.15, -0.1) is 0 Å². The van der Waals surface area contributed by atoms with Crippen LogP contribution in [0.2, 0.25) is 0 Å². The van der Waals surface area contributed by atoms with E-state index in [1.807, 2.05) is 31.2 Å². The first kappa shape index (κ1) is 19.3. The molecule has 0 aliphatic carbocycles. The number of thiocarbonyl (C=S) groups is 1. The van der Waals surface area contributed by atoms with E-state index < -0.39 is 0 Å². The number of hydrogen-bond donors (Lipinski definition) is 0. The van der Waals surface area contributed by atoms with Crippen LogP contribution in [0.3, 0.4) is 0 Å². The van der Waals surface area contributed by atoms with E-state index in [-0.39, 0.29) is 11.7 Å². The fraction of sp³-hybridized carbons (Fsp3) is 0.158. The molecule has 1 aliphatic rings. The van der Waals surface area contributed by atoms with Crippen LogP contribution in [0.4, 0.5) is 4.39 Å². The predicted molar refractivity (Wildman–Crippen MR) is 115 cm³/mol. The number of benzene rings is 2. The van der Waals surface area contributed by atoms with Gasteiger partial charge in [0.2, 0.25) is 0 Å². The molecule has 0 radical (unpaired) electrons. The van der Waals surface area contributed by atoms with Gasteiger partial charge in [0.25, 0.3) is 5.91 Å². The molecule has 1 saturated heterocycles. The third-order valence-corrected chi connectivity index (χ3v) is 5.97. The molecule has 26 heavy (non-hydrogen) atoms. The van der Waals surface area contributed by atoms with E-state index in [0.717, 1.165) is 20.4 Å². The van der Waals surface area contributed by atoms with E-state index in [4.69, 9.17) is 17.0 Å². The summed E-state index contributed by atoms with van der Waals surface area (Å²) in [5, 5.41) is 0. The predicted octanol–water partition coefficient (Wildman–Crippen LogP) is 5.23. The van der Waals surface area contributed by atoms with Crippen molar-refractivity contribution in [3.8, 4) is 5.75 Å². The third kappa shape index (κ3) is 4.44. The second-order valence-corrected chi connectivity index (χ2v) is 8.37. The van der Waals surface area contributed by atoms with Gasteiger partial charge >= 0.3 is 0 Å². The Labute approximate surface area is 174 Å². The molecule has 134 valence electrons. The molecule has 0 atom stereocenters. The van der Waals surface area contributed by atoms with Crippen LogP contribution in [0.25, 0.3) is 6.08 Å². The topological polar surface area (TPSA) is 29.5 Å². The molecule has 1 heterocycles. The highest BCUT2D eigenvalue weighted by molar-refractivity contribution is 14.1. The first-order chi connectivity index (χ1) is 12.5. The highest BCUT2D eigenvalue weighted by Crippen LogP contribution is 2.33. The van der Waals surface area contributed by atoms with Crippen LogP contribution in [-0.2, 0) is 11.4 Å². The van der Waals surface area contributed by atoms with E-state index in [2.05, 4.69) is 22.6 Å².